The topological polar surface area (TPSA) is 39.3 Å². The number of nitrogens with one attached hydrogen (secondary N) is 1. The van der Waals surface area contributed by atoms with Gasteiger partial charge in [-0.3, -0.25) is 4.79 Å². The zero-order valence-corrected chi connectivity index (χ0v) is 10.6. The zero-order valence-electron chi connectivity index (χ0n) is 9.82. The van der Waals surface area contributed by atoms with Crippen molar-refractivity contribution in [2.24, 2.45) is 0 Å². The van der Waals surface area contributed by atoms with E-state index in [1.807, 2.05) is 4.90 Å². The van der Waals surface area contributed by atoms with Crippen molar-refractivity contribution < 1.29 is 4.79 Å². The molecular formula is C12H16ClN3O. The van der Waals surface area contributed by atoms with Gasteiger partial charge in [0.05, 0.1) is 5.02 Å². The van der Waals surface area contributed by atoms with E-state index in [0.717, 1.165) is 25.9 Å². The van der Waals surface area contributed by atoms with E-state index in [1.165, 1.54) is 0 Å². The number of rotatable bonds is 1. The van der Waals surface area contributed by atoms with Gasteiger partial charge in [0.25, 0.3) is 5.91 Å². The molecule has 3 rings (SSSR count). The molecule has 2 bridgehead atoms. The minimum atomic E-state index is 0.0949. The number of likely N-dealkylation sites (tertiary alicyclic amines) is 1. The summed E-state index contributed by atoms with van der Waals surface area (Å²) in [5.74, 6) is 0.0949. The highest BCUT2D eigenvalue weighted by Crippen LogP contribution is 2.31. The van der Waals surface area contributed by atoms with Crippen LogP contribution in [0.3, 0.4) is 0 Å². The van der Waals surface area contributed by atoms with Crippen LogP contribution in [-0.4, -0.2) is 52.9 Å². The summed E-state index contributed by atoms with van der Waals surface area (Å²) in [6.45, 7) is 1.97. The molecule has 2 aliphatic rings. The lowest BCUT2D eigenvalue weighted by atomic mass is 10.2. The Hall–Kier alpha value is -1.00. The number of H-pyrrole nitrogens is 1. The third-order valence-electron chi connectivity index (χ3n) is 3.78. The zero-order chi connectivity index (χ0) is 12.0. The van der Waals surface area contributed by atoms with Crippen LogP contribution in [0.15, 0.2) is 12.3 Å². The van der Waals surface area contributed by atoms with Crippen LogP contribution in [0.1, 0.15) is 23.3 Å². The van der Waals surface area contributed by atoms with Crippen molar-refractivity contribution in [1.29, 1.82) is 0 Å². The van der Waals surface area contributed by atoms with Gasteiger partial charge in [0.2, 0.25) is 0 Å². The quantitative estimate of drug-likeness (QED) is 0.826. The van der Waals surface area contributed by atoms with Gasteiger partial charge in [-0.1, -0.05) is 11.6 Å². The Labute approximate surface area is 106 Å². The Kier molecular flexibility index (Phi) is 2.64. The molecule has 5 heteroatoms. The molecule has 0 saturated carbocycles. The molecule has 2 atom stereocenters. The lowest BCUT2D eigenvalue weighted by Gasteiger charge is -2.39. The number of fused-ring (bicyclic) bond motifs is 2. The molecule has 0 radical (unpaired) electrons. The molecule has 92 valence electrons. The van der Waals surface area contributed by atoms with Gasteiger partial charge in [0, 0.05) is 31.4 Å². The summed E-state index contributed by atoms with van der Waals surface area (Å²) < 4.78 is 0. The number of carbonyl (C=O) groups is 1. The molecule has 0 spiro atoms. The summed E-state index contributed by atoms with van der Waals surface area (Å²) >= 11 is 5.84. The smallest absolute Gasteiger partial charge is 0.270 e. The molecule has 1 N–H and O–H groups in total. The summed E-state index contributed by atoms with van der Waals surface area (Å²) in [6.07, 6.45) is 3.90. The van der Waals surface area contributed by atoms with E-state index in [9.17, 15) is 4.79 Å². The molecule has 2 unspecified atom stereocenters. The van der Waals surface area contributed by atoms with E-state index >= 15 is 0 Å². The molecule has 2 fully saturated rings. The lowest BCUT2D eigenvalue weighted by Crippen LogP contribution is -2.54. The van der Waals surface area contributed by atoms with Crippen molar-refractivity contribution in [3.63, 3.8) is 0 Å². The van der Waals surface area contributed by atoms with Gasteiger partial charge in [-0.05, 0) is 26.0 Å². The number of likely N-dealkylation sites (N-methyl/N-ethyl adjacent to an activating group) is 1. The highest BCUT2D eigenvalue weighted by Gasteiger charge is 2.41. The number of amides is 1. The van der Waals surface area contributed by atoms with E-state index in [-0.39, 0.29) is 5.91 Å². The van der Waals surface area contributed by atoms with Crippen molar-refractivity contribution in [1.82, 2.24) is 14.8 Å². The first-order valence-electron chi connectivity index (χ1n) is 6.00. The van der Waals surface area contributed by atoms with Crippen LogP contribution < -0.4 is 0 Å². The first-order valence-corrected chi connectivity index (χ1v) is 6.38. The van der Waals surface area contributed by atoms with E-state index in [0.29, 0.717) is 22.8 Å². The van der Waals surface area contributed by atoms with E-state index < -0.39 is 0 Å². The van der Waals surface area contributed by atoms with Gasteiger partial charge in [0.15, 0.2) is 0 Å². The molecule has 3 heterocycles. The number of piperazine rings is 1. The lowest BCUT2D eigenvalue weighted by molar-refractivity contribution is 0.0467. The number of halogens is 1. The largest absolute Gasteiger partial charge is 0.356 e. The Morgan fingerprint density at radius 2 is 2.06 bits per heavy atom. The van der Waals surface area contributed by atoms with Gasteiger partial charge in [-0.2, -0.15) is 0 Å². The van der Waals surface area contributed by atoms with Crippen molar-refractivity contribution in [3.8, 4) is 0 Å². The van der Waals surface area contributed by atoms with Gasteiger partial charge >= 0.3 is 0 Å². The highest BCUT2D eigenvalue weighted by molar-refractivity contribution is 6.30. The summed E-state index contributed by atoms with van der Waals surface area (Å²) in [6, 6.07) is 2.45. The molecule has 17 heavy (non-hydrogen) atoms. The SMILES string of the molecule is CN1CC2CCC(C1)N2C(=O)c1cc(Cl)c[nH]1. The second-order valence-corrected chi connectivity index (χ2v) is 5.49. The number of carbonyl (C=O) groups excluding carboxylic acids is 1. The molecule has 0 aliphatic carbocycles. The Balaban J connectivity index is 1.83. The summed E-state index contributed by atoms with van der Waals surface area (Å²) in [5, 5.41) is 0.592. The van der Waals surface area contributed by atoms with Crippen LogP contribution in [0.5, 0.6) is 0 Å². The van der Waals surface area contributed by atoms with Crippen molar-refractivity contribution in [3.05, 3.63) is 23.0 Å². The maximum Gasteiger partial charge on any atom is 0.270 e. The standard InChI is InChI=1S/C12H16ClN3O/c1-15-6-9-2-3-10(7-15)16(9)12(17)11-4-8(13)5-14-11/h4-5,9-10,14H,2-3,6-7H2,1H3. The van der Waals surface area contributed by atoms with E-state index in [4.69, 9.17) is 11.6 Å². The normalized spacial score (nSPS) is 28.7. The highest BCUT2D eigenvalue weighted by atomic mass is 35.5. The first-order chi connectivity index (χ1) is 8.15. The fourth-order valence-corrected chi connectivity index (χ4v) is 3.24. The average molecular weight is 254 g/mol. The van der Waals surface area contributed by atoms with Crippen LogP contribution in [-0.2, 0) is 0 Å². The number of aromatic nitrogens is 1. The van der Waals surface area contributed by atoms with Crippen LogP contribution in [0.4, 0.5) is 0 Å². The van der Waals surface area contributed by atoms with Crippen molar-refractivity contribution >= 4 is 17.5 Å². The summed E-state index contributed by atoms with van der Waals surface area (Å²) in [7, 11) is 2.12. The van der Waals surface area contributed by atoms with Gasteiger partial charge < -0.3 is 14.8 Å². The Morgan fingerprint density at radius 3 is 2.59 bits per heavy atom. The molecule has 2 aliphatic heterocycles. The number of hydrogen-bond donors (Lipinski definition) is 1. The third-order valence-corrected chi connectivity index (χ3v) is 4.00. The maximum atomic E-state index is 12.4. The van der Waals surface area contributed by atoms with Gasteiger partial charge in [-0.25, -0.2) is 0 Å². The Bertz CT molecular complexity index is 431. The molecule has 2 saturated heterocycles. The molecule has 1 aromatic rings. The molecule has 1 amide bonds. The fraction of sp³-hybridized carbons (Fsp3) is 0.583. The van der Waals surface area contributed by atoms with Crippen LogP contribution in [0.2, 0.25) is 5.02 Å². The second-order valence-electron chi connectivity index (χ2n) is 5.05. The number of hydrogen-bond acceptors (Lipinski definition) is 2. The predicted octanol–water partition coefficient (Wildman–Crippen LogP) is 1.59. The fourth-order valence-electron chi connectivity index (χ4n) is 3.08. The average Bonchev–Trinajstić information content (AvgIpc) is 2.81. The number of nitrogens with zero attached hydrogens (tertiary/aromatic N) is 2. The van der Waals surface area contributed by atoms with Crippen LogP contribution in [0.25, 0.3) is 0 Å². The molecule has 0 aromatic carbocycles. The van der Waals surface area contributed by atoms with Gasteiger partial charge in [-0.15, -0.1) is 0 Å². The first kappa shape index (κ1) is 11.1. The van der Waals surface area contributed by atoms with Crippen LogP contribution in [0, 0.1) is 0 Å². The third kappa shape index (κ3) is 1.85. The molecule has 1 aromatic heterocycles. The Morgan fingerprint density at radius 1 is 1.41 bits per heavy atom. The molecular weight excluding hydrogens is 238 g/mol. The minimum absolute atomic E-state index is 0.0949. The predicted molar refractivity (Wildman–Crippen MR) is 66.3 cm³/mol. The van der Waals surface area contributed by atoms with Gasteiger partial charge in [0.1, 0.15) is 5.69 Å². The van der Waals surface area contributed by atoms with E-state index in [2.05, 4.69) is 16.9 Å². The summed E-state index contributed by atoms with van der Waals surface area (Å²) in [4.78, 5) is 19.7. The summed E-state index contributed by atoms with van der Waals surface area (Å²) in [5.41, 5.74) is 0.608. The van der Waals surface area contributed by atoms with Crippen molar-refractivity contribution in [2.75, 3.05) is 20.1 Å². The maximum absolute atomic E-state index is 12.4. The van der Waals surface area contributed by atoms with E-state index in [1.54, 1.807) is 12.3 Å². The van der Waals surface area contributed by atoms with Crippen molar-refractivity contribution in [2.45, 2.75) is 24.9 Å². The minimum Gasteiger partial charge on any atom is -0.356 e. The van der Waals surface area contributed by atoms with Crippen LogP contribution >= 0.6 is 11.6 Å². The monoisotopic (exact) mass is 253 g/mol. The second kappa shape index (κ2) is 4.03. The molecule has 4 nitrogen and oxygen atoms in total. The number of aromatic amines is 1.